The van der Waals surface area contributed by atoms with E-state index in [2.05, 4.69) is 10.2 Å². The fraction of sp³-hybridized carbons (Fsp3) is 0.212. The Bertz CT molecular complexity index is 1360. The van der Waals surface area contributed by atoms with Gasteiger partial charge in [-0.25, -0.2) is 4.79 Å². The minimum absolute atomic E-state index is 0.142. The van der Waals surface area contributed by atoms with Gasteiger partial charge < -0.3 is 15.0 Å². The molecular formula is C33H35N3O3. The van der Waals surface area contributed by atoms with E-state index in [1.54, 1.807) is 0 Å². The molecule has 39 heavy (non-hydrogen) atoms. The molecule has 1 N–H and O–H groups in total. The first-order chi connectivity index (χ1) is 19.0. The monoisotopic (exact) mass is 521 g/mol. The van der Waals surface area contributed by atoms with Crippen LogP contribution in [0.15, 0.2) is 109 Å². The Hall–Kier alpha value is -4.42. The van der Waals surface area contributed by atoms with Crippen molar-refractivity contribution in [2.75, 3.05) is 44.5 Å². The van der Waals surface area contributed by atoms with Crippen LogP contribution >= 0.6 is 0 Å². The normalized spacial score (nSPS) is 11.6. The summed E-state index contributed by atoms with van der Waals surface area (Å²) in [5.74, 6) is -0.404. The number of hydrogen-bond acceptors (Lipinski definition) is 5. The van der Waals surface area contributed by atoms with Crippen molar-refractivity contribution in [1.29, 1.82) is 0 Å². The molecule has 4 rings (SSSR count). The molecule has 1 atom stereocenters. The van der Waals surface area contributed by atoms with Crippen LogP contribution in [-0.4, -0.2) is 51.1 Å². The molecule has 4 aromatic rings. The quantitative estimate of drug-likeness (QED) is 0.236. The van der Waals surface area contributed by atoms with Gasteiger partial charge in [0.25, 0.3) is 5.91 Å². The van der Waals surface area contributed by atoms with Gasteiger partial charge in [0.1, 0.15) is 6.04 Å². The van der Waals surface area contributed by atoms with E-state index in [-0.39, 0.29) is 11.9 Å². The van der Waals surface area contributed by atoms with Gasteiger partial charge in [-0.3, -0.25) is 9.69 Å². The Balaban J connectivity index is 1.33. The van der Waals surface area contributed by atoms with Crippen molar-refractivity contribution in [1.82, 2.24) is 4.90 Å². The zero-order valence-corrected chi connectivity index (χ0v) is 22.7. The Morgan fingerprint density at radius 1 is 0.769 bits per heavy atom. The van der Waals surface area contributed by atoms with Crippen LogP contribution in [-0.2, 0) is 9.53 Å². The Morgan fingerprint density at radius 3 is 2.05 bits per heavy atom. The molecular weight excluding hydrogens is 486 g/mol. The van der Waals surface area contributed by atoms with Crippen molar-refractivity contribution in [2.24, 2.45) is 0 Å². The first-order valence-corrected chi connectivity index (χ1v) is 13.1. The fourth-order valence-corrected chi connectivity index (χ4v) is 4.68. The highest BCUT2D eigenvalue weighted by molar-refractivity contribution is 6.08. The van der Waals surface area contributed by atoms with Crippen molar-refractivity contribution in [3.63, 3.8) is 0 Å². The van der Waals surface area contributed by atoms with Crippen molar-refractivity contribution < 1.29 is 14.3 Å². The van der Waals surface area contributed by atoms with Crippen LogP contribution in [0.25, 0.3) is 11.1 Å². The summed E-state index contributed by atoms with van der Waals surface area (Å²) >= 11 is 0. The molecule has 4 aromatic carbocycles. The molecule has 0 saturated carbocycles. The van der Waals surface area contributed by atoms with Crippen LogP contribution in [0.5, 0.6) is 0 Å². The second-order valence-electron chi connectivity index (χ2n) is 9.50. The lowest BCUT2D eigenvalue weighted by atomic mass is 9.99. The van der Waals surface area contributed by atoms with Crippen molar-refractivity contribution in [2.45, 2.75) is 12.5 Å². The van der Waals surface area contributed by atoms with E-state index >= 15 is 0 Å². The van der Waals surface area contributed by atoms with Gasteiger partial charge in [0.15, 0.2) is 0 Å². The van der Waals surface area contributed by atoms with Crippen molar-refractivity contribution in [3.05, 3.63) is 120 Å². The molecule has 1 unspecified atom stereocenters. The molecule has 200 valence electrons. The molecule has 0 aliphatic heterocycles. The summed E-state index contributed by atoms with van der Waals surface area (Å²) in [6.45, 7) is 1.54. The number of anilines is 2. The van der Waals surface area contributed by atoms with E-state index in [1.165, 1.54) is 7.11 Å². The lowest BCUT2D eigenvalue weighted by molar-refractivity contribution is -0.146. The molecule has 0 aromatic heterocycles. The summed E-state index contributed by atoms with van der Waals surface area (Å²) in [5, 5.41) is 3.03. The molecule has 0 saturated heterocycles. The highest BCUT2D eigenvalue weighted by atomic mass is 16.5. The van der Waals surface area contributed by atoms with Gasteiger partial charge in [0, 0.05) is 37.1 Å². The molecule has 0 bridgehead atoms. The Labute approximate surface area is 230 Å². The third-order valence-electron chi connectivity index (χ3n) is 6.81. The standard InChI is InChI=1S/C33H35N3O3/c1-35(23-12-24-36(2)31(33(38)39-3)26-15-8-5-9-16-26)28-21-19-27(20-22-28)34-32(37)30-18-11-10-17-29(30)25-13-6-4-7-14-25/h4-11,13-22,31H,12,23-24H2,1-3H3,(H,34,37). The van der Waals surface area contributed by atoms with E-state index in [0.29, 0.717) is 5.56 Å². The zero-order valence-electron chi connectivity index (χ0n) is 22.7. The average Bonchev–Trinajstić information content (AvgIpc) is 2.98. The highest BCUT2D eigenvalue weighted by Crippen LogP contribution is 2.25. The number of rotatable bonds is 11. The summed E-state index contributed by atoms with van der Waals surface area (Å²) in [7, 11) is 5.41. The summed E-state index contributed by atoms with van der Waals surface area (Å²) in [6, 6.07) is 34.7. The van der Waals surface area contributed by atoms with Crippen LogP contribution in [0.1, 0.15) is 28.4 Å². The molecule has 6 nitrogen and oxygen atoms in total. The van der Waals surface area contributed by atoms with E-state index < -0.39 is 6.04 Å². The van der Waals surface area contributed by atoms with Gasteiger partial charge in [-0.05, 0) is 60.5 Å². The van der Waals surface area contributed by atoms with Gasteiger partial charge in [0.05, 0.1) is 7.11 Å². The molecule has 6 heteroatoms. The van der Waals surface area contributed by atoms with E-state index in [0.717, 1.165) is 47.6 Å². The predicted octanol–water partition coefficient (Wildman–Crippen LogP) is 6.28. The van der Waals surface area contributed by atoms with Crippen LogP contribution in [0.4, 0.5) is 11.4 Å². The summed E-state index contributed by atoms with van der Waals surface area (Å²) < 4.78 is 5.06. The van der Waals surface area contributed by atoms with Gasteiger partial charge in [-0.1, -0.05) is 78.9 Å². The third-order valence-corrected chi connectivity index (χ3v) is 6.81. The minimum atomic E-state index is -0.434. The number of ether oxygens (including phenoxy) is 1. The summed E-state index contributed by atoms with van der Waals surface area (Å²) in [6.07, 6.45) is 0.863. The smallest absolute Gasteiger partial charge is 0.327 e. The van der Waals surface area contributed by atoms with Crippen LogP contribution in [0.2, 0.25) is 0 Å². The summed E-state index contributed by atoms with van der Waals surface area (Å²) in [4.78, 5) is 29.8. The second kappa shape index (κ2) is 13.4. The number of nitrogens with zero attached hydrogens (tertiary/aromatic N) is 2. The number of esters is 1. The topological polar surface area (TPSA) is 61.9 Å². The maximum Gasteiger partial charge on any atom is 0.327 e. The largest absolute Gasteiger partial charge is 0.468 e. The van der Waals surface area contributed by atoms with Crippen LogP contribution in [0.3, 0.4) is 0 Å². The molecule has 0 radical (unpaired) electrons. The second-order valence-corrected chi connectivity index (χ2v) is 9.50. The predicted molar refractivity (Wildman–Crippen MR) is 158 cm³/mol. The number of hydrogen-bond donors (Lipinski definition) is 1. The van der Waals surface area contributed by atoms with Gasteiger partial charge >= 0.3 is 5.97 Å². The van der Waals surface area contributed by atoms with E-state index in [4.69, 9.17) is 4.74 Å². The third kappa shape index (κ3) is 7.12. The number of likely N-dealkylation sites (N-methyl/N-ethyl adjacent to an activating group) is 1. The van der Waals surface area contributed by atoms with Crippen molar-refractivity contribution >= 4 is 23.3 Å². The molecule has 0 aliphatic rings. The van der Waals surface area contributed by atoms with Crippen molar-refractivity contribution in [3.8, 4) is 11.1 Å². The molecule has 0 fully saturated rings. The van der Waals surface area contributed by atoms with E-state index in [1.807, 2.05) is 128 Å². The Morgan fingerprint density at radius 2 is 1.38 bits per heavy atom. The molecule has 0 spiro atoms. The SMILES string of the molecule is COC(=O)C(c1ccccc1)N(C)CCCN(C)c1ccc(NC(=O)c2ccccc2-c2ccccc2)cc1. The number of carbonyl (C=O) groups is 2. The minimum Gasteiger partial charge on any atom is -0.468 e. The maximum absolute atomic E-state index is 13.1. The molecule has 0 aliphatic carbocycles. The first-order valence-electron chi connectivity index (χ1n) is 13.1. The molecule has 1 amide bonds. The first kappa shape index (κ1) is 27.6. The van der Waals surface area contributed by atoms with Crippen LogP contribution in [0, 0.1) is 0 Å². The fourth-order valence-electron chi connectivity index (χ4n) is 4.68. The number of amides is 1. The van der Waals surface area contributed by atoms with Gasteiger partial charge in [0.2, 0.25) is 0 Å². The molecule has 0 heterocycles. The van der Waals surface area contributed by atoms with Gasteiger partial charge in [-0.2, -0.15) is 0 Å². The number of methoxy groups -OCH3 is 1. The average molecular weight is 522 g/mol. The number of nitrogens with one attached hydrogen (secondary N) is 1. The Kier molecular flexibility index (Phi) is 9.48. The highest BCUT2D eigenvalue weighted by Gasteiger charge is 2.25. The van der Waals surface area contributed by atoms with Crippen LogP contribution < -0.4 is 10.2 Å². The zero-order chi connectivity index (χ0) is 27.6. The maximum atomic E-state index is 13.1. The number of carbonyl (C=O) groups excluding carboxylic acids is 2. The lowest BCUT2D eigenvalue weighted by Crippen LogP contribution is -2.34. The van der Waals surface area contributed by atoms with E-state index in [9.17, 15) is 9.59 Å². The van der Waals surface area contributed by atoms with Gasteiger partial charge in [-0.15, -0.1) is 0 Å². The summed E-state index contributed by atoms with van der Waals surface area (Å²) in [5.41, 5.74) is 5.25. The number of benzene rings is 4. The lowest BCUT2D eigenvalue weighted by Gasteiger charge is -2.27.